The van der Waals surface area contributed by atoms with Gasteiger partial charge in [0.05, 0.1) is 17.5 Å². The fraction of sp³-hybridized carbons (Fsp3) is 0.867. The SMILES string of the molecule is O=C(CSc1nnnn1C1CCCC1)N1CCCCC1CCS(=O)(=O)F. The second-order valence-corrected chi connectivity index (χ2v) is 9.33. The summed E-state index contributed by atoms with van der Waals surface area (Å²) in [5.41, 5.74) is 0. The van der Waals surface area contributed by atoms with Crippen LogP contribution in [0.15, 0.2) is 5.16 Å². The lowest BCUT2D eigenvalue weighted by Gasteiger charge is -2.35. The molecule has 11 heteroatoms. The Morgan fingerprint density at radius 1 is 1.19 bits per heavy atom. The summed E-state index contributed by atoms with van der Waals surface area (Å²) in [4.78, 5) is 14.3. The van der Waals surface area contributed by atoms with Crippen LogP contribution in [0.4, 0.5) is 3.89 Å². The predicted molar refractivity (Wildman–Crippen MR) is 94.9 cm³/mol. The number of amides is 1. The summed E-state index contributed by atoms with van der Waals surface area (Å²) in [5, 5.41) is 12.5. The van der Waals surface area contributed by atoms with Crippen molar-refractivity contribution in [2.75, 3.05) is 18.1 Å². The summed E-state index contributed by atoms with van der Waals surface area (Å²) in [6.07, 6.45) is 7.11. The van der Waals surface area contributed by atoms with Crippen molar-refractivity contribution in [2.24, 2.45) is 0 Å². The summed E-state index contributed by atoms with van der Waals surface area (Å²) < 4.78 is 36.2. The minimum Gasteiger partial charge on any atom is -0.339 e. The molecule has 2 fully saturated rings. The lowest BCUT2D eigenvalue weighted by Crippen LogP contribution is -2.45. The van der Waals surface area contributed by atoms with Crippen molar-refractivity contribution in [1.29, 1.82) is 0 Å². The lowest BCUT2D eigenvalue weighted by molar-refractivity contribution is -0.132. The van der Waals surface area contributed by atoms with Crippen LogP contribution in [0.5, 0.6) is 0 Å². The molecule has 146 valence electrons. The number of hydrogen-bond donors (Lipinski definition) is 0. The van der Waals surface area contributed by atoms with Gasteiger partial charge in [-0.1, -0.05) is 24.6 Å². The molecule has 0 spiro atoms. The summed E-state index contributed by atoms with van der Waals surface area (Å²) in [6.45, 7) is 0.587. The third kappa shape index (κ3) is 5.15. The van der Waals surface area contributed by atoms with E-state index in [-0.39, 0.29) is 24.1 Å². The molecule has 1 saturated heterocycles. The van der Waals surface area contributed by atoms with Gasteiger partial charge in [0.1, 0.15) is 0 Å². The first-order valence-electron chi connectivity index (χ1n) is 9.06. The molecule has 2 aliphatic rings. The Balaban J connectivity index is 1.57. The van der Waals surface area contributed by atoms with Crippen molar-refractivity contribution in [1.82, 2.24) is 25.1 Å². The zero-order valence-corrected chi connectivity index (χ0v) is 16.2. The second kappa shape index (κ2) is 8.64. The number of aromatic nitrogens is 4. The van der Waals surface area contributed by atoms with Gasteiger partial charge in [0.25, 0.3) is 0 Å². The van der Waals surface area contributed by atoms with Crippen molar-refractivity contribution in [3.63, 3.8) is 0 Å². The molecule has 1 aliphatic heterocycles. The van der Waals surface area contributed by atoms with Crippen LogP contribution >= 0.6 is 11.8 Å². The number of nitrogens with zero attached hydrogens (tertiary/aromatic N) is 5. The monoisotopic (exact) mass is 405 g/mol. The molecular weight excluding hydrogens is 381 g/mol. The minimum atomic E-state index is -4.51. The number of carbonyl (C=O) groups is 1. The van der Waals surface area contributed by atoms with E-state index < -0.39 is 16.0 Å². The second-order valence-electron chi connectivity index (χ2n) is 6.90. The maximum Gasteiger partial charge on any atom is 0.302 e. The number of halogens is 1. The predicted octanol–water partition coefficient (Wildman–Crippen LogP) is 1.95. The molecule has 1 amide bonds. The maximum atomic E-state index is 12.8. The van der Waals surface area contributed by atoms with Gasteiger partial charge >= 0.3 is 10.2 Å². The standard InChI is InChI=1S/C15H24FN5O3S2/c16-26(23,24)10-8-12-5-3-4-9-20(12)14(22)11-25-15-17-18-19-21(15)13-6-1-2-7-13/h12-13H,1-11H2. The fourth-order valence-corrected chi connectivity index (χ4v) is 5.16. The van der Waals surface area contributed by atoms with E-state index in [2.05, 4.69) is 15.5 Å². The average Bonchev–Trinajstić information content (AvgIpc) is 3.28. The smallest absolute Gasteiger partial charge is 0.302 e. The van der Waals surface area contributed by atoms with Gasteiger partial charge in [-0.25, -0.2) is 4.68 Å². The highest BCUT2D eigenvalue weighted by atomic mass is 32.3. The highest BCUT2D eigenvalue weighted by Crippen LogP contribution is 2.31. The molecule has 3 rings (SSSR count). The van der Waals surface area contributed by atoms with Gasteiger partial charge in [0.15, 0.2) is 0 Å². The van der Waals surface area contributed by atoms with E-state index in [0.717, 1.165) is 25.7 Å². The van der Waals surface area contributed by atoms with Crippen LogP contribution in [0.1, 0.15) is 57.4 Å². The topological polar surface area (TPSA) is 98.1 Å². The van der Waals surface area contributed by atoms with Crippen LogP contribution in [0, 0.1) is 0 Å². The van der Waals surface area contributed by atoms with Gasteiger partial charge in [-0.15, -0.1) is 8.98 Å². The van der Waals surface area contributed by atoms with Crippen LogP contribution in [-0.2, 0) is 15.0 Å². The molecule has 1 unspecified atom stereocenters. The molecule has 1 aliphatic carbocycles. The number of tetrazole rings is 1. The van der Waals surface area contributed by atoms with Crippen LogP contribution < -0.4 is 0 Å². The van der Waals surface area contributed by atoms with E-state index in [4.69, 9.17) is 0 Å². The van der Waals surface area contributed by atoms with E-state index in [1.807, 2.05) is 4.68 Å². The first-order valence-corrected chi connectivity index (χ1v) is 11.6. The van der Waals surface area contributed by atoms with E-state index in [1.54, 1.807) is 4.90 Å². The molecule has 0 aromatic carbocycles. The first kappa shape index (κ1) is 19.5. The van der Waals surface area contributed by atoms with Gasteiger partial charge in [0, 0.05) is 12.6 Å². The molecule has 8 nitrogen and oxygen atoms in total. The minimum absolute atomic E-state index is 0.0723. The molecule has 1 aromatic rings. The van der Waals surface area contributed by atoms with Crippen LogP contribution in [-0.4, -0.2) is 63.5 Å². The van der Waals surface area contributed by atoms with Gasteiger partial charge < -0.3 is 4.90 Å². The highest BCUT2D eigenvalue weighted by Gasteiger charge is 2.29. The van der Waals surface area contributed by atoms with Crippen molar-refractivity contribution >= 4 is 27.9 Å². The molecule has 26 heavy (non-hydrogen) atoms. The van der Waals surface area contributed by atoms with Crippen LogP contribution in [0.3, 0.4) is 0 Å². The van der Waals surface area contributed by atoms with Gasteiger partial charge in [-0.2, -0.15) is 8.42 Å². The summed E-state index contributed by atoms with van der Waals surface area (Å²) >= 11 is 1.31. The number of thioether (sulfide) groups is 1. The van der Waals surface area contributed by atoms with Gasteiger partial charge in [-0.05, 0) is 49.0 Å². The summed E-state index contributed by atoms with van der Waals surface area (Å²) in [5.74, 6) is -0.405. The average molecular weight is 406 g/mol. The Hall–Kier alpha value is -1.23. The van der Waals surface area contributed by atoms with E-state index in [9.17, 15) is 17.1 Å². The summed E-state index contributed by atoms with van der Waals surface area (Å²) in [7, 11) is -4.51. The third-order valence-corrected chi connectivity index (χ3v) is 6.74. The third-order valence-electron chi connectivity index (χ3n) is 5.10. The molecule has 0 N–H and O–H groups in total. The fourth-order valence-electron chi connectivity index (χ4n) is 3.77. The number of piperidine rings is 1. The molecule has 1 aromatic heterocycles. The Bertz CT molecular complexity index is 721. The summed E-state index contributed by atoms with van der Waals surface area (Å²) in [6, 6.07) is 0.0910. The van der Waals surface area contributed by atoms with Crippen LogP contribution in [0.2, 0.25) is 0 Å². The maximum absolute atomic E-state index is 12.8. The van der Waals surface area contributed by atoms with Gasteiger partial charge in [-0.3, -0.25) is 4.79 Å². The molecule has 2 heterocycles. The Labute approximate surface area is 157 Å². The van der Waals surface area contributed by atoms with E-state index >= 15 is 0 Å². The molecule has 0 radical (unpaired) electrons. The quantitative estimate of drug-likeness (QED) is 0.505. The zero-order valence-electron chi connectivity index (χ0n) is 14.6. The molecule has 1 saturated carbocycles. The van der Waals surface area contributed by atoms with Crippen LogP contribution in [0.25, 0.3) is 0 Å². The lowest BCUT2D eigenvalue weighted by atomic mass is 10.00. The molecule has 0 bridgehead atoms. The van der Waals surface area contributed by atoms with E-state index in [1.165, 1.54) is 24.6 Å². The first-order chi connectivity index (χ1) is 12.4. The van der Waals surface area contributed by atoms with Crippen molar-refractivity contribution in [3.8, 4) is 0 Å². The zero-order chi connectivity index (χ0) is 18.6. The van der Waals surface area contributed by atoms with Crippen molar-refractivity contribution in [3.05, 3.63) is 0 Å². The number of rotatable bonds is 7. The van der Waals surface area contributed by atoms with E-state index in [0.29, 0.717) is 24.2 Å². The Kier molecular flexibility index (Phi) is 6.49. The largest absolute Gasteiger partial charge is 0.339 e. The normalized spacial score (nSPS) is 22.0. The number of carbonyl (C=O) groups excluding carboxylic acids is 1. The molecular formula is C15H24FN5O3S2. The molecule has 1 atom stereocenters. The number of likely N-dealkylation sites (tertiary alicyclic amines) is 1. The van der Waals surface area contributed by atoms with Gasteiger partial charge in [0.2, 0.25) is 11.1 Å². The Morgan fingerprint density at radius 2 is 1.92 bits per heavy atom. The van der Waals surface area contributed by atoms with Crippen molar-refractivity contribution < 1.29 is 17.1 Å². The van der Waals surface area contributed by atoms with Crippen molar-refractivity contribution in [2.45, 2.75) is 68.6 Å². The highest BCUT2D eigenvalue weighted by molar-refractivity contribution is 7.99. The number of hydrogen-bond acceptors (Lipinski definition) is 7. The Morgan fingerprint density at radius 3 is 2.65 bits per heavy atom.